The molecule has 10 atom stereocenters. The first-order valence-electron chi connectivity index (χ1n) is 12.8. The second kappa shape index (κ2) is 7.06. The Morgan fingerprint density at radius 1 is 1.13 bits per heavy atom. The van der Waals surface area contributed by atoms with E-state index in [-0.39, 0.29) is 23.7 Å². The quantitative estimate of drug-likeness (QED) is 0.470. The number of rotatable bonds is 4. The van der Waals surface area contributed by atoms with Crippen molar-refractivity contribution >= 4 is 0 Å². The van der Waals surface area contributed by atoms with Crippen molar-refractivity contribution < 1.29 is 14.9 Å². The standard InChI is InChI=1S/C27H44O3/c1-16(2)14-22-24(30-22)27(5,29)23-9-8-20-19-7-6-17-15-18(28)10-12-25(17,3)21(19)11-13-26(20,23)4/h6,16,18-24,28-29H,7-15H2,1-5H3/t18?,19?,20-,21-,22?,23-,24?,25?,26?,27+/m0/s1. The molecule has 4 aliphatic carbocycles. The number of fused-ring (bicyclic) bond motifs is 5. The van der Waals surface area contributed by atoms with Crippen LogP contribution in [0.25, 0.3) is 0 Å². The molecular formula is C27H44O3. The molecular weight excluding hydrogens is 372 g/mol. The van der Waals surface area contributed by atoms with Gasteiger partial charge in [-0.2, -0.15) is 0 Å². The molecule has 1 aliphatic heterocycles. The first-order valence-corrected chi connectivity index (χ1v) is 12.8. The summed E-state index contributed by atoms with van der Waals surface area (Å²) in [6.07, 6.45) is 12.9. The van der Waals surface area contributed by atoms with Crippen molar-refractivity contribution in [1.82, 2.24) is 0 Å². The van der Waals surface area contributed by atoms with E-state index in [1.165, 1.54) is 25.7 Å². The van der Waals surface area contributed by atoms with Crippen LogP contribution in [-0.4, -0.2) is 34.1 Å². The zero-order chi connectivity index (χ0) is 21.5. The van der Waals surface area contributed by atoms with Gasteiger partial charge in [0.15, 0.2) is 0 Å². The molecule has 3 saturated carbocycles. The Balaban J connectivity index is 1.37. The minimum absolute atomic E-state index is 0.0356. The number of hydrogen-bond donors (Lipinski definition) is 2. The van der Waals surface area contributed by atoms with Crippen LogP contribution >= 0.6 is 0 Å². The van der Waals surface area contributed by atoms with E-state index in [1.54, 1.807) is 5.57 Å². The van der Waals surface area contributed by atoms with Crippen LogP contribution in [-0.2, 0) is 4.74 Å². The summed E-state index contributed by atoms with van der Waals surface area (Å²) in [4.78, 5) is 0. The smallest absolute Gasteiger partial charge is 0.113 e. The first-order chi connectivity index (χ1) is 14.1. The maximum Gasteiger partial charge on any atom is 0.113 e. The van der Waals surface area contributed by atoms with Gasteiger partial charge in [-0.3, -0.25) is 0 Å². The number of aliphatic hydroxyl groups is 2. The fraction of sp³-hybridized carbons (Fsp3) is 0.926. The van der Waals surface area contributed by atoms with Crippen molar-refractivity contribution in [3.8, 4) is 0 Å². The number of ether oxygens (including phenoxy) is 1. The molecule has 0 amide bonds. The van der Waals surface area contributed by atoms with Crippen molar-refractivity contribution in [2.24, 2.45) is 40.4 Å². The fourth-order valence-electron chi connectivity index (χ4n) is 9.10. The van der Waals surface area contributed by atoms with Crippen molar-refractivity contribution in [2.75, 3.05) is 0 Å². The molecule has 1 saturated heterocycles. The third-order valence-corrected chi connectivity index (χ3v) is 10.6. The summed E-state index contributed by atoms with van der Waals surface area (Å²) < 4.78 is 6.05. The number of aliphatic hydroxyl groups excluding tert-OH is 1. The highest BCUT2D eigenvalue weighted by Gasteiger charge is 2.65. The van der Waals surface area contributed by atoms with E-state index in [0.717, 1.165) is 49.9 Å². The normalized spacial score (nSPS) is 52.1. The highest BCUT2D eigenvalue weighted by molar-refractivity contribution is 5.26. The van der Waals surface area contributed by atoms with Gasteiger partial charge in [0.05, 0.1) is 17.8 Å². The van der Waals surface area contributed by atoms with Crippen LogP contribution in [0.15, 0.2) is 11.6 Å². The Morgan fingerprint density at radius 3 is 2.63 bits per heavy atom. The lowest BCUT2D eigenvalue weighted by molar-refractivity contribution is -0.110. The van der Waals surface area contributed by atoms with Crippen LogP contribution in [0.3, 0.4) is 0 Å². The molecule has 2 N–H and O–H groups in total. The predicted octanol–water partition coefficient (Wildman–Crippen LogP) is 5.49. The topological polar surface area (TPSA) is 53.0 Å². The van der Waals surface area contributed by atoms with Gasteiger partial charge in [0, 0.05) is 0 Å². The van der Waals surface area contributed by atoms with Gasteiger partial charge >= 0.3 is 0 Å². The number of allylic oxidation sites excluding steroid dienone is 1. The van der Waals surface area contributed by atoms with Crippen LogP contribution in [0, 0.1) is 40.4 Å². The molecule has 6 unspecified atom stereocenters. The van der Waals surface area contributed by atoms with E-state index in [2.05, 4.69) is 40.7 Å². The van der Waals surface area contributed by atoms with Crippen molar-refractivity contribution in [2.45, 2.75) is 116 Å². The molecule has 5 aliphatic rings. The maximum atomic E-state index is 11.7. The summed E-state index contributed by atoms with van der Waals surface area (Å²) in [5.41, 5.74) is 1.38. The Hall–Kier alpha value is -0.380. The van der Waals surface area contributed by atoms with Gasteiger partial charge in [-0.05, 0) is 105 Å². The summed E-state index contributed by atoms with van der Waals surface area (Å²) in [6, 6.07) is 0. The highest BCUT2D eigenvalue weighted by atomic mass is 16.6. The van der Waals surface area contributed by atoms with Crippen molar-refractivity contribution in [3.05, 3.63) is 11.6 Å². The second-order valence-corrected chi connectivity index (χ2v) is 12.8. The van der Waals surface area contributed by atoms with Gasteiger partial charge in [-0.25, -0.2) is 0 Å². The van der Waals surface area contributed by atoms with E-state index in [9.17, 15) is 10.2 Å². The summed E-state index contributed by atoms with van der Waals surface area (Å²) >= 11 is 0. The lowest BCUT2D eigenvalue weighted by Crippen LogP contribution is -2.54. The average molecular weight is 417 g/mol. The second-order valence-electron chi connectivity index (χ2n) is 12.8. The Labute approximate surface area is 183 Å². The summed E-state index contributed by atoms with van der Waals surface area (Å²) in [5, 5.41) is 22.0. The Morgan fingerprint density at radius 2 is 1.90 bits per heavy atom. The van der Waals surface area contributed by atoms with Crippen LogP contribution in [0.1, 0.15) is 92.4 Å². The van der Waals surface area contributed by atoms with Crippen LogP contribution in [0.2, 0.25) is 0 Å². The van der Waals surface area contributed by atoms with Crippen LogP contribution in [0.5, 0.6) is 0 Å². The molecule has 1 heterocycles. The molecule has 4 fully saturated rings. The van der Waals surface area contributed by atoms with E-state index >= 15 is 0 Å². The van der Waals surface area contributed by atoms with Gasteiger partial charge in [0.25, 0.3) is 0 Å². The molecule has 0 radical (unpaired) electrons. The monoisotopic (exact) mass is 416 g/mol. The van der Waals surface area contributed by atoms with E-state index in [4.69, 9.17) is 4.74 Å². The minimum atomic E-state index is -0.704. The molecule has 30 heavy (non-hydrogen) atoms. The molecule has 0 aromatic rings. The van der Waals surface area contributed by atoms with Crippen LogP contribution in [0.4, 0.5) is 0 Å². The Bertz CT molecular complexity index is 711. The molecule has 0 aromatic carbocycles. The van der Waals surface area contributed by atoms with Gasteiger partial charge in [-0.15, -0.1) is 0 Å². The van der Waals surface area contributed by atoms with Crippen molar-refractivity contribution in [3.63, 3.8) is 0 Å². The SMILES string of the molecule is CC(C)CC1OC1[C@](C)(O)[C@H]1CC[C@H]2C3CC=C4CC(O)CCC4(C)[C@H]3CCC21C. The highest BCUT2D eigenvalue weighted by Crippen LogP contribution is 2.68. The third kappa shape index (κ3) is 3.09. The molecule has 3 heteroatoms. The maximum absolute atomic E-state index is 11.7. The summed E-state index contributed by atoms with van der Waals surface area (Å²) in [6.45, 7) is 11.6. The fourth-order valence-corrected chi connectivity index (χ4v) is 9.10. The van der Waals surface area contributed by atoms with Crippen molar-refractivity contribution in [1.29, 1.82) is 0 Å². The zero-order valence-corrected chi connectivity index (χ0v) is 19.9. The number of epoxide rings is 1. The zero-order valence-electron chi connectivity index (χ0n) is 19.9. The average Bonchev–Trinajstić information content (AvgIpc) is 3.33. The molecule has 0 aromatic heterocycles. The third-order valence-electron chi connectivity index (χ3n) is 10.6. The van der Waals surface area contributed by atoms with E-state index in [1.807, 2.05) is 0 Å². The van der Waals surface area contributed by atoms with Gasteiger partial charge < -0.3 is 14.9 Å². The molecule has 0 spiro atoms. The first kappa shape index (κ1) is 21.5. The van der Waals surface area contributed by atoms with Gasteiger partial charge in [0.2, 0.25) is 0 Å². The van der Waals surface area contributed by atoms with E-state index < -0.39 is 5.60 Å². The molecule has 3 nitrogen and oxygen atoms in total. The predicted molar refractivity (Wildman–Crippen MR) is 120 cm³/mol. The van der Waals surface area contributed by atoms with Gasteiger partial charge in [0.1, 0.15) is 6.10 Å². The largest absolute Gasteiger partial charge is 0.393 e. The molecule has 170 valence electrons. The molecule has 0 bridgehead atoms. The van der Waals surface area contributed by atoms with Crippen LogP contribution < -0.4 is 0 Å². The Kier molecular flexibility index (Phi) is 5.05. The lowest BCUT2D eigenvalue weighted by Gasteiger charge is -2.58. The number of hydrogen-bond acceptors (Lipinski definition) is 3. The molecule has 5 rings (SSSR count). The lowest BCUT2D eigenvalue weighted by atomic mass is 9.46. The van der Waals surface area contributed by atoms with E-state index in [0.29, 0.717) is 17.3 Å². The van der Waals surface area contributed by atoms with Gasteiger partial charge in [-0.1, -0.05) is 39.3 Å². The summed E-state index contributed by atoms with van der Waals surface area (Å²) in [7, 11) is 0. The summed E-state index contributed by atoms with van der Waals surface area (Å²) in [5.74, 6) is 3.20. The minimum Gasteiger partial charge on any atom is -0.393 e.